The van der Waals surface area contributed by atoms with Crippen molar-refractivity contribution in [2.75, 3.05) is 0 Å². The first-order valence-electron chi connectivity index (χ1n) is 8.70. The lowest BCUT2D eigenvalue weighted by Crippen LogP contribution is -2.30. The van der Waals surface area contributed by atoms with Gasteiger partial charge in [0.05, 0.1) is 7.05 Å². The zero-order chi connectivity index (χ0) is 17.5. The van der Waals surface area contributed by atoms with Crippen LogP contribution in [0.3, 0.4) is 0 Å². The summed E-state index contributed by atoms with van der Waals surface area (Å²) in [6, 6.07) is 27.4. The standard InChI is InChI=1S/C24H16N2/c1-26-23-13-7-6-12-22(23)25-24(26)15-14-21-19-10-4-2-8-17(19)16-18-9-3-5-11-20(18)21/h2-13,16H,1H3/p+1. The van der Waals surface area contributed by atoms with Crippen LogP contribution in [0.15, 0.2) is 78.9 Å². The van der Waals surface area contributed by atoms with Crippen molar-refractivity contribution in [3.05, 3.63) is 90.3 Å². The molecule has 4 aromatic carbocycles. The van der Waals surface area contributed by atoms with Gasteiger partial charge in [-0.15, -0.1) is 0 Å². The maximum absolute atomic E-state index is 3.45. The van der Waals surface area contributed by atoms with Crippen LogP contribution in [0.2, 0.25) is 0 Å². The molecule has 5 aromatic rings. The van der Waals surface area contributed by atoms with E-state index in [4.69, 9.17) is 0 Å². The predicted octanol–water partition coefficient (Wildman–Crippen LogP) is 4.70. The van der Waals surface area contributed by atoms with Crippen LogP contribution in [0.4, 0.5) is 0 Å². The van der Waals surface area contributed by atoms with Crippen molar-refractivity contribution in [3.8, 4) is 11.8 Å². The van der Waals surface area contributed by atoms with Gasteiger partial charge < -0.3 is 0 Å². The Morgan fingerprint density at radius 3 is 2.04 bits per heavy atom. The summed E-state index contributed by atoms with van der Waals surface area (Å²) < 4.78 is 2.11. The third-order valence-corrected chi connectivity index (χ3v) is 4.93. The number of hydrogen-bond donors (Lipinski definition) is 1. The number of aromatic amines is 1. The number of rotatable bonds is 0. The van der Waals surface area contributed by atoms with Crippen LogP contribution in [0, 0.1) is 11.8 Å². The molecule has 122 valence electrons. The number of fused-ring (bicyclic) bond motifs is 3. The van der Waals surface area contributed by atoms with Gasteiger partial charge in [-0.3, -0.25) is 0 Å². The Labute approximate surface area is 151 Å². The van der Waals surface area contributed by atoms with E-state index in [-0.39, 0.29) is 0 Å². The number of imidazole rings is 1. The highest BCUT2D eigenvalue weighted by Gasteiger charge is 2.12. The van der Waals surface area contributed by atoms with E-state index in [0.717, 1.165) is 22.4 Å². The summed E-state index contributed by atoms with van der Waals surface area (Å²) >= 11 is 0. The number of H-pyrrole nitrogens is 1. The first-order chi connectivity index (χ1) is 12.8. The van der Waals surface area contributed by atoms with Crippen LogP contribution in [0.1, 0.15) is 11.4 Å². The quantitative estimate of drug-likeness (QED) is 0.241. The molecule has 0 aliphatic carbocycles. The number of para-hydroxylation sites is 2. The van der Waals surface area contributed by atoms with Gasteiger partial charge in [0.15, 0.2) is 11.0 Å². The second kappa shape index (κ2) is 5.75. The lowest BCUT2D eigenvalue weighted by atomic mass is 9.97. The summed E-state index contributed by atoms with van der Waals surface area (Å²) in [5.41, 5.74) is 3.33. The van der Waals surface area contributed by atoms with Crippen LogP contribution < -0.4 is 4.57 Å². The molecule has 0 aliphatic rings. The Hall–Kier alpha value is -3.57. The maximum Gasteiger partial charge on any atom is 0.333 e. The van der Waals surface area contributed by atoms with Crippen molar-refractivity contribution < 1.29 is 4.57 Å². The molecule has 0 saturated carbocycles. The monoisotopic (exact) mass is 333 g/mol. The highest BCUT2D eigenvalue weighted by atomic mass is 15.0. The fourth-order valence-electron chi connectivity index (χ4n) is 3.59. The van der Waals surface area contributed by atoms with Gasteiger partial charge in [0.2, 0.25) is 0 Å². The molecule has 0 radical (unpaired) electrons. The summed E-state index contributed by atoms with van der Waals surface area (Å²) in [5.74, 6) is 7.71. The second-order valence-electron chi connectivity index (χ2n) is 6.49. The first kappa shape index (κ1) is 14.7. The Balaban J connectivity index is 1.79. The van der Waals surface area contributed by atoms with Crippen LogP contribution >= 0.6 is 0 Å². The molecule has 0 spiro atoms. The summed E-state index contributed by atoms with van der Waals surface area (Å²) in [5, 5.41) is 4.82. The van der Waals surface area contributed by atoms with Crippen LogP contribution in [-0.4, -0.2) is 4.98 Å². The molecule has 1 heterocycles. The van der Waals surface area contributed by atoms with Crippen molar-refractivity contribution in [1.29, 1.82) is 0 Å². The number of benzene rings is 4. The van der Waals surface area contributed by atoms with Gasteiger partial charge in [0, 0.05) is 11.5 Å². The minimum atomic E-state index is 0.906. The SMILES string of the molecule is C[n+]1c(C#Cc2c3ccccc3cc3ccccc23)[nH]c2ccccc21. The van der Waals surface area contributed by atoms with Crippen LogP contribution in [0.5, 0.6) is 0 Å². The van der Waals surface area contributed by atoms with Gasteiger partial charge in [0.25, 0.3) is 0 Å². The average molecular weight is 333 g/mol. The Morgan fingerprint density at radius 2 is 1.35 bits per heavy atom. The lowest BCUT2D eigenvalue weighted by molar-refractivity contribution is -0.647. The van der Waals surface area contributed by atoms with E-state index < -0.39 is 0 Å². The third kappa shape index (κ3) is 2.26. The second-order valence-corrected chi connectivity index (χ2v) is 6.49. The Bertz CT molecular complexity index is 1290. The van der Waals surface area contributed by atoms with E-state index in [1.165, 1.54) is 21.5 Å². The van der Waals surface area contributed by atoms with E-state index in [2.05, 4.69) is 88.1 Å². The topological polar surface area (TPSA) is 19.7 Å². The molecule has 2 nitrogen and oxygen atoms in total. The van der Waals surface area contributed by atoms with Crippen molar-refractivity contribution in [2.45, 2.75) is 0 Å². The van der Waals surface area contributed by atoms with E-state index >= 15 is 0 Å². The van der Waals surface area contributed by atoms with Gasteiger partial charge in [-0.2, -0.15) is 0 Å². The molecule has 1 aromatic heterocycles. The molecular formula is C24H17N2+. The maximum atomic E-state index is 3.45. The fraction of sp³-hybridized carbons (Fsp3) is 0.0417. The molecule has 0 saturated heterocycles. The van der Waals surface area contributed by atoms with E-state index in [0.29, 0.717) is 0 Å². The molecule has 0 bridgehead atoms. The van der Waals surface area contributed by atoms with Gasteiger partial charge in [-0.25, -0.2) is 9.55 Å². The molecular weight excluding hydrogens is 316 g/mol. The molecule has 1 N–H and O–H groups in total. The van der Waals surface area contributed by atoms with E-state index in [1.54, 1.807) is 0 Å². The van der Waals surface area contributed by atoms with Gasteiger partial charge in [-0.05, 0) is 39.7 Å². The third-order valence-electron chi connectivity index (χ3n) is 4.93. The minimum absolute atomic E-state index is 0.906. The van der Waals surface area contributed by atoms with Crippen LogP contribution in [0.25, 0.3) is 32.6 Å². The van der Waals surface area contributed by atoms with E-state index in [1.807, 2.05) is 19.2 Å². The van der Waals surface area contributed by atoms with Crippen molar-refractivity contribution in [3.63, 3.8) is 0 Å². The summed E-state index contributed by atoms with van der Waals surface area (Å²) in [4.78, 5) is 3.42. The largest absolute Gasteiger partial charge is 0.333 e. The number of aryl methyl sites for hydroxylation is 1. The van der Waals surface area contributed by atoms with Crippen molar-refractivity contribution in [1.82, 2.24) is 4.98 Å². The zero-order valence-electron chi connectivity index (χ0n) is 14.5. The summed E-state index contributed by atoms with van der Waals surface area (Å²) in [6.07, 6.45) is 0. The summed E-state index contributed by atoms with van der Waals surface area (Å²) in [7, 11) is 2.05. The number of aromatic nitrogens is 2. The first-order valence-corrected chi connectivity index (χ1v) is 8.70. The van der Waals surface area contributed by atoms with Crippen LogP contribution in [-0.2, 0) is 7.05 Å². The zero-order valence-corrected chi connectivity index (χ0v) is 14.5. The summed E-state index contributed by atoms with van der Waals surface area (Å²) in [6.45, 7) is 0. The molecule has 0 fully saturated rings. The Kier molecular flexibility index (Phi) is 3.26. The smallest absolute Gasteiger partial charge is 0.229 e. The van der Waals surface area contributed by atoms with E-state index in [9.17, 15) is 0 Å². The molecule has 5 rings (SSSR count). The lowest BCUT2D eigenvalue weighted by Gasteiger charge is -2.06. The average Bonchev–Trinajstić information content (AvgIpc) is 3.01. The predicted molar refractivity (Wildman–Crippen MR) is 107 cm³/mol. The van der Waals surface area contributed by atoms with Crippen molar-refractivity contribution >= 4 is 32.6 Å². The number of hydrogen-bond acceptors (Lipinski definition) is 0. The van der Waals surface area contributed by atoms with Gasteiger partial charge in [0.1, 0.15) is 0 Å². The normalized spacial score (nSPS) is 11.0. The van der Waals surface area contributed by atoms with Crippen molar-refractivity contribution in [2.24, 2.45) is 7.05 Å². The minimum Gasteiger partial charge on any atom is -0.229 e. The molecule has 2 heteroatoms. The Morgan fingerprint density at radius 1 is 0.731 bits per heavy atom. The highest BCUT2D eigenvalue weighted by Crippen LogP contribution is 2.27. The molecule has 0 atom stereocenters. The fourth-order valence-corrected chi connectivity index (χ4v) is 3.59. The number of nitrogens with zero attached hydrogens (tertiary/aromatic N) is 1. The number of nitrogens with one attached hydrogen (secondary N) is 1. The molecule has 26 heavy (non-hydrogen) atoms. The molecule has 0 unspecified atom stereocenters. The highest BCUT2D eigenvalue weighted by molar-refractivity contribution is 6.04. The van der Waals surface area contributed by atoms with Gasteiger partial charge in [-0.1, -0.05) is 66.6 Å². The van der Waals surface area contributed by atoms with Gasteiger partial charge >= 0.3 is 5.82 Å². The molecule has 0 aliphatic heterocycles. The molecule has 0 amide bonds.